The van der Waals surface area contributed by atoms with E-state index in [2.05, 4.69) is 43.4 Å². The molecular formula is C18H27ClN2O. The summed E-state index contributed by atoms with van der Waals surface area (Å²) in [6.07, 6.45) is 5.85. The van der Waals surface area contributed by atoms with Gasteiger partial charge in [-0.05, 0) is 42.2 Å². The Balaban J connectivity index is 0.00000176. The lowest BCUT2D eigenvalue weighted by atomic mass is 9.71. The number of nitrogens with two attached hydrogens (primary N) is 1. The van der Waals surface area contributed by atoms with E-state index >= 15 is 0 Å². The summed E-state index contributed by atoms with van der Waals surface area (Å²) < 4.78 is 0. The zero-order chi connectivity index (χ0) is 15.1. The van der Waals surface area contributed by atoms with Gasteiger partial charge in [-0.25, -0.2) is 0 Å². The average Bonchev–Trinajstić information content (AvgIpc) is 2.90. The lowest BCUT2D eigenvalue weighted by Gasteiger charge is -2.38. The molecule has 1 saturated carbocycles. The van der Waals surface area contributed by atoms with E-state index < -0.39 is 5.54 Å². The molecule has 1 aromatic carbocycles. The van der Waals surface area contributed by atoms with Gasteiger partial charge in [0.25, 0.3) is 0 Å². The van der Waals surface area contributed by atoms with Crippen LogP contribution in [0.15, 0.2) is 24.3 Å². The highest BCUT2D eigenvalue weighted by molar-refractivity contribution is 5.86. The second-order valence-corrected chi connectivity index (χ2v) is 7.40. The zero-order valence-corrected chi connectivity index (χ0v) is 14.3. The van der Waals surface area contributed by atoms with Crippen molar-refractivity contribution in [2.75, 3.05) is 0 Å². The summed E-state index contributed by atoms with van der Waals surface area (Å²) in [6.45, 7) is 4.57. The van der Waals surface area contributed by atoms with Crippen molar-refractivity contribution >= 4 is 18.3 Å². The van der Waals surface area contributed by atoms with E-state index in [1.807, 2.05) is 0 Å². The number of hydrogen-bond donors (Lipinski definition) is 2. The molecule has 122 valence electrons. The van der Waals surface area contributed by atoms with Gasteiger partial charge in [0.1, 0.15) is 0 Å². The molecule has 1 unspecified atom stereocenters. The molecule has 3 nitrogen and oxygen atoms in total. The Kier molecular flexibility index (Phi) is 4.88. The third-order valence-corrected chi connectivity index (χ3v) is 5.38. The summed E-state index contributed by atoms with van der Waals surface area (Å²) in [5, 5.41) is 3.23. The predicted octanol–water partition coefficient (Wildman–Crippen LogP) is 3.61. The number of fused-ring (bicyclic) bond motifs is 1. The maximum atomic E-state index is 12.6. The number of carbonyl (C=O) groups is 1. The van der Waals surface area contributed by atoms with Crippen LogP contribution >= 0.6 is 12.4 Å². The highest BCUT2D eigenvalue weighted by atomic mass is 35.5. The summed E-state index contributed by atoms with van der Waals surface area (Å²) in [5.41, 5.74) is 8.46. The van der Waals surface area contributed by atoms with E-state index in [9.17, 15) is 4.79 Å². The molecule has 22 heavy (non-hydrogen) atoms. The van der Waals surface area contributed by atoms with Crippen LogP contribution in [-0.4, -0.2) is 11.4 Å². The van der Waals surface area contributed by atoms with Gasteiger partial charge in [-0.2, -0.15) is 0 Å². The van der Waals surface area contributed by atoms with Crippen LogP contribution in [0.3, 0.4) is 0 Å². The molecule has 0 aromatic heterocycles. The van der Waals surface area contributed by atoms with Gasteiger partial charge in [-0.1, -0.05) is 51.0 Å². The first kappa shape index (κ1) is 17.3. The minimum atomic E-state index is -0.637. The van der Waals surface area contributed by atoms with Crippen molar-refractivity contribution in [3.8, 4) is 0 Å². The Morgan fingerprint density at radius 2 is 1.82 bits per heavy atom. The maximum absolute atomic E-state index is 12.6. The Morgan fingerprint density at radius 3 is 2.50 bits per heavy atom. The molecule has 0 aliphatic heterocycles. The van der Waals surface area contributed by atoms with E-state index in [4.69, 9.17) is 5.73 Å². The van der Waals surface area contributed by atoms with Gasteiger partial charge in [0, 0.05) is 0 Å². The van der Waals surface area contributed by atoms with Gasteiger partial charge in [-0.3, -0.25) is 4.79 Å². The predicted molar refractivity (Wildman–Crippen MR) is 92.2 cm³/mol. The van der Waals surface area contributed by atoms with Crippen molar-refractivity contribution in [2.45, 2.75) is 69.4 Å². The summed E-state index contributed by atoms with van der Waals surface area (Å²) >= 11 is 0. The molecule has 4 heteroatoms. The summed E-state index contributed by atoms with van der Waals surface area (Å²) in [4.78, 5) is 12.6. The lowest BCUT2D eigenvalue weighted by Crippen LogP contribution is -2.53. The fraction of sp³-hybridized carbons (Fsp3) is 0.611. The average molecular weight is 323 g/mol. The van der Waals surface area contributed by atoms with Crippen molar-refractivity contribution < 1.29 is 4.79 Å². The first-order chi connectivity index (χ1) is 9.92. The topological polar surface area (TPSA) is 55.1 Å². The van der Waals surface area contributed by atoms with Gasteiger partial charge in [0.05, 0.1) is 11.6 Å². The Morgan fingerprint density at radius 1 is 1.18 bits per heavy atom. The summed E-state index contributed by atoms with van der Waals surface area (Å²) in [5.74, 6) is 0.0412. The monoisotopic (exact) mass is 322 g/mol. The zero-order valence-electron chi connectivity index (χ0n) is 13.5. The van der Waals surface area contributed by atoms with Crippen LogP contribution in [0.5, 0.6) is 0 Å². The molecule has 0 radical (unpaired) electrons. The number of benzene rings is 1. The molecular weight excluding hydrogens is 296 g/mol. The molecule has 0 heterocycles. The van der Waals surface area contributed by atoms with E-state index in [1.54, 1.807) is 0 Å². The van der Waals surface area contributed by atoms with Gasteiger partial charge in [0.15, 0.2) is 0 Å². The number of rotatable bonds is 2. The van der Waals surface area contributed by atoms with Crippen LogP contribution in [0.4, 0.5) is 0 Å². The molecule has 3 rings (SSSR count). The third kappa shape index (κ3) is 3.02. The molecule has 0 saturated heterocycles. The van der Waals surface area contributed by atoms with Crippen molar-refractivity contribution in [3.63, 3.8) is 0 Å². The molecule has 0 bridgehead atoms. The Labute approximate surface area is 139 Å². The smallest absolute Gasteiger partial charge is 0.240 e. The Hall–Kier alpha value is -1.06. The first-order valence-electron chi connectivity index (χ1n) is 8.12. The van der Waals surface area contributed by atoms with Crippen LogP contribution in [0.25, 0.3) is 0 Å². The molecule has 1 amide bonds. The molecule has 2 aliphatic carbocycles. The molecule has 0 spiro atoms. The number of amides is 1. The van der Waals surface area contributed by atoms with Crippen molar-refractivity contribution in [2.24, 2.45) is 5.73 Å². The fourth-order valence-electron chi connectivity index (χ4n) is 3.90. The van der Waals surface area contributed by atoms with Crippen molar-refractivity contribution in [1.82, 2.24) is 5.32 Å². The van der Waals surface area contributed by atoms with Gasteiger partial charge in [0.2, 0.25) is 5.91 Å². The van der Waals surface area contributed by atoms with Crippen LogP contribution in [-0.2, 0) is 10.2 Å². The minimum absolute atomic E-state index is 0. The van der Waals surface area contributed by atoms with Crippen LogP contribution in [0, 0.1) is 0 Å². The van der Waals surface area contributed by atoms with E-state index in [0.29, 0.717) is 0 Å². The number of carbonyl (C=O) groups excluding carboxylic acids is 1. The number of halogens is 1. The number of hydrogen-bond acceptors (Lipinski definition) is 2. The molecule has 1 fully saturated rings. The second-order valence-electron chi connectivity index (χ2n) is 7.40. The van der Waals surface area contributed by atoms with Crippen molar-refractivity contribution in [1.29, 1.82) is 0 Å². The van der Waals surface area contributed by atoms with E-state index in [0.717, 1.165) is 38.5 Å². The number of nitrogens with one attached hydrogen (secondary N) is 1. The fourth-order valence-corrected chi connectivity index (χ4v) is 3.90. The Bertz CT molecular complexity index is 550. The molecule has 1 atom stereocenters. The first-order valence-corrected chi connectivity index (χ1v) is 8.12. The minimum Gasteiger partial charge on any atom is -0.348 e. The van der Waals surface area contributed by atoms with Crippen molar-refractivity contribution in [3.05, 3.63) is 35.4 Å². The van der Waals surface area contributed by atoms with Gasteiger partial charge in [-0.15, -0.1) is 12.4 Å². The quantitative estimate of drug-likeness (QED) is 0.874. The van der Waals surface area contributed by atoms with Crippen LogP contribution in [0.1, 0.15) is 69.5 Å². The molecule has 3 N–H and O–H groups in total. The summed E-state index contributed by atoms with van der Waals surface area (Å²) in [7, 11) is 0. The SMILES string of the molecule is CC1(C)CCC(NC(=O)C2(N)CCCC2)c2ccccc21.Cl. The lowest BCUT2D eigenvalue weighted by molar-refractivity contribution is -0.127. The third-order valence-electron chi connectivity index (χ3n) is 5.38. The van der Waals surface area contributed by atoms with Crippen LogP contribution in [0.2, 0.25) is 0 Å². The summed E-state index contributed by atoms with van der Waals surface area (Å²) in [6, 6.07) is 8.61. The normalized spacial score (nSPS) is 25.0. The van der Waals surface area contributed by atoms with E-state index in [1.165, 1.54) is 11.1 Å². The molecule has 2 aliphatic rings. The van der Waals surface area contributed by atoms with Gasteiger partial charge >= 0.3 is 0 Å². The van der Waals surface area contributed by atoms with E-state index in [-0.39, 0.29) is 29.8 Å². The maximum Gasteiger partial charge on any atom is 0.240 e. The molecule has 1 aromatic rings. The second kappa shape index (κ2) is 6.21. The standard InChI is InChI=1S/C18H26N2O.ClH/c1-17(2)12-9-15(13-7-3-4-8-14(13)17)20-16(21)18(19)10-5-6-11-18;/h3-4,7-8,15H,5-6,9-12,19H2,1-2H3,(H,20,21);1H. The van der Waals surface area contributed by atoms with Crippen LogP contribution < -0.4 is 11.1 Å². The highest BCUT2D eigenvalue weighted by Gasteiger charge is 2.40. The highest BCUT2D eigenvalue weighted by Crippen LogP contribution is 2.41. The largest absolute Gasteiger partial charge is 0.348 e. The van der Waals surface area contributed by atoms with Gasteiger partial charge < -0.3 is 11.1 Å².